The van der Waals surface area contributed by atoms with Crippen LogP contribution in [-0.4, -0.2) is 25.3 Å². The van der Waals surface area contributed by atoms with Crippen LogP contribution in [0.4, 0.5) is 14.9 Å². The molecule has 0 fully saturated rings. The second kappa shape index (κ2) is 9.34. The molecule has 6 rings (SSSR count). The maximum atomic E-state index is 14.5. The van der Waals surface area contributed by atoms with Crippen molar-refractivity contribution in [2.45, 2.75) is 33.4 Å². The topological polar surface area (TPSA) is 55.1 Å². The number of para-hydroxylation sites is 1. The number of rotatable bonds is 3. The molecule has 0 spiro atoms. The number of nitrogens with one attached hydrogen (secondary N) is 1. The summed E-state index contributed by atoms with van der Waals surface area (Å²) in [7, 11) is 0. The van der Waals surface area contributed by atoms with Gasteiger partial charge in [-0.25, -0.2) is 13.9 Å². The number of fused-ring (bicyclic) bond motifs is 3. The predicted molar refractivity (Wildman–Crippen MR) is 146 cm³/mol. The Morgan fingerprint density at radius 3 is 2.53 bits per heavy atom. The van der Waals surface area contributed by atoms with Crippen molar-refractivity contribution in [2.24, 2.45) is 0 Å². The van der Waals surface area contributed by atoms with Gasteiger partial charge < -0.3 is 14.8 Å². The van der Waals surface area contributed by atoms with E-state index >= 15 is 0 Å². The molecule has 0 aliphatic carbocycles. The van der Waals surface area contributed by atoms with Crippen molar-refractivity contribution in [3.05, 3.63) is 131 Å². The fraction of sp³-hybridized carbons (Fsp3) is 0.161. The molecule has 2 amide bonds. The number of carbonyl (C=O) groups is 1. The van der Waals surface area contributed by atoms with Gasteiger partial charge in [-0.15, -0.1) is 0 Å². The molecule has 3 heterocycles. The largest absolute Gasteiger partial charge is 0.322 e. The lowest BCUT2D eigenvalue weighted by Crippen LogP contribution is -2.38. The summed E-state index contributed by atoms with van der Waals surface area (Å²) < 4.78 is 18.5. The highest BCUT2D eigenvalue weighted by Gasteiger charge is 2.36. The third kappa shape index (κ3) is 3.96. The van der Waals surface area contributed by atoms with Gasteiger partial charge in [0.2, 0.25) is 0 Å². The van der Waals surface area contributed by atoms with Crippen LogP contribution < -0.4 is 5.32 Å². The van der Waals surface area contributed by atoms with E-state index in [9.17, 15) is 9.18 Å². The molecular formula is C31H28FN5O. The zero-order valence-corrected chi connectivity index (χ0v) is 21.5. The third-order valence-electron chi connectivity index (χ3n) is 7.36. The molecule has 190 valence electrons. The summed E-state index contributed by atoms with van der Waals surface area (Å²) in [6.07, 6.45) is 1.98. The van der Waals surface area contributed by atoms with E-state index in [-0.39, 0.29) is 11.8 Å². The minimum atomic E-state index is -0.526. The minimum Gasteiger partial charge on any atom is -0.308 e. The molecule has 1 atom stereocenters. The molecule has 6 nitrogen and oxygen atoms in total. The number of aromatic nitrogens is 3. The molecule has 5 aromatic rings. The summed E-state index contributed by atoms with van der Waals surface area (Å²) in [5.74, 6) is 0.529. The molecule has 0 bridgehead atoms. The van der Waals surface area contributed by atoms with Crippen LogP contribution in [0.5, 0.6) is 0 Å². The highest BCUT2D eigenvalue weighted by Crippen LogP contribution is 2.39. The second-order valence-electron chi connectivity index (χ2n) is 9.70. The molecule has 0 saturated carbocycles. The van der Waals surface area contributed by atoms with Crippen molar-refractivity contribution in [3.63, 3.8) is 0 Å². The first-order chi connectivity index (χ1) is 18.4. The summed E-state index contributed by atoms with van der Waals surface area (Å²) in [6, 6.07) is 25.4. The van der Waals surface area contributed by atoms with E-state index in [1.165, 1.54) is 12.1 Å². The molecule has 1 aliphatic heterocycles. The monoisotopic (exact) mass is 505 g/mol. The molecular weight excluding hydrogens is 477 g/mol. The Kier molecular flexibility index (Phi) is 5.83. The summed E-state index contributed by atoms with van der Waals surface area (Å²) in [4.78, 5) is 15.8. The molecule has 0 radical (unpaired) electrons. The number of amides is 2. The first kappa shape index (κ1) is 23.7. The van der Waals surface area contributed by atoms with E-state index in [0.717, 1.165) is 45.3 Å². The van der Waals surface area contributed by atoms with Crippen molar-refractivity contribution in [3.8, 4) is 11.5 Å². The molecule has 1 N–H and O–H groups in total. The maximum absolute atomic E-state index is 14.5. The van der Waals surface area contributed by atoms with Gasteiger partial charge in [0.1, 0.15) is 11.6 Å². The Bertz CT molecular complexity index is 1650. The molecule has 0 saturated heterocycles. The number of carbonyl (C=O) groups excluding carboxylic acids is 1. The van der Waals surface area contributed by atoms with Crippen molar-refractivity contribution >= 4 is 11.7 Å². The van der Waals surface area contributed by atoms with E-state index in [4.69, 9.17) is 5.10 Å². The Balaban J connectivity index is 1.54. The van der Waals surface area contributed by atoms with Gasteiger partial charge >= 0.3 is 6.03 Å². The fourth-order valence-electron chi connectivity index (χ4n) is 5.25. The second-order valence-corrected chi connectivity index (χ2v) is 9.70. The summed E-state index contributed by atoms with van der Waals surface area (Å²) >= 11 is 0. The number of anilines is 1. The van der Waals surface area contributed by atoms with Crippen LogP contribution in [0.1, 0.15) is 39.7 Å². The van der Waals surface area contributed by atoms with E-state index < -0.39 is 6.04 Å². The highest BCUT2D eigenvalue weighted by molar-refractivity contribution is 5.91. The third-order valence-corrected chi connectivity index (χ3v) is 7.36. The van der Waals surface area contributed by atoms with Crippen molar-refractivity contribution < 1.29 is 9.18 Å². The van der Waals surface area contributed by atoms with Gasteiger partial charge in [0.05, 0.1) is 29.7 Å². The van der Waals surface area contributed by atoms with E-state index in [0.29, 0.717) is 12.1 Å². The molecule has 1 aliphatic rings. The van der Waals surface area contributed by atoms with Crippen LogP contribution in [0.3, 0.4) is 0 Å². The van der Waals surface area contributed by atoms with Gasteiger partial charge in [-0.3, -0.25) is 0 Å². The number of nitrogens with zero attached hydrogens (tertiary/aromatic N) is 4. The highest BCUT2D eigenvalue weighted by atomic mass is 19.1. The first-order valence-electron chi connectivity index (χ1n) is 12.6. The normalized spacial score (nSPS) is 14.5. The molecule has 0 unspecified atom stereocenters. The lowest BCUT2D eigenvalue weighted by molar-refractivity contribution is 0.194. The number of benzene rings is 3. The van der Waals surface area contributed by atoms with Crippen LogP contribution in [0.2, 0.25) is 0 Å². The van der Waals surface area contributed by atoms with Crippen LogP contribution >= 0.6 is 0 Å². The van der Waals surface area contributed by atoms with Crippen LogP contribution in [0.25, 0.3) is 11.5 Å². The van der Waals surface area contributed by atoms with Crippen molar-refractivity contribution in [1.82, 2.24) is 19.2 Å². The average molecular weight is 506 g/mol. The summed E-state index contributed by atoms with van der Waals surface area (Å²) in [5, 5.41) is 8.01. The molecule has 38 heavy (non-hydrogen) atoms. The van der Waals surface area contributed by atoms with Crippen molar-refractivity contribution in [2.75, 3.05) is 5.32 Å². The summed E-state index contributed by atoms with van der Waals surface area (Å²) in [6.45, 7) is 6.28. The zero-order chi connectivity index (χ0) is 26.4. The molecule has 3 aromatic carbocycles. The minimum absolute atomic E-state index is 0.263. The lowest BCUT2D eigenvalue weighted by Gasteiger charge is -2.31. The van der Waals surface area contributed by atoms with Crippen LogP contribution in [0, 0.1) is 26.6 Å². The van der Waals surface area contributed by atoms with E-state index in [2.05, 4.69) is 9.88 Å². The number of hydrogen-bond donors (Lipinski definition) is 1. The van der Waals surface area contributed by atoms with E-state index in [1.807, 2.05) is 98.4 Å². The van der Waals surface area contributed by atoms with Gasteiger partial charge in [0.15, 0.2) is 0 Å². The van der Waals surface area contributed by atoms with Gasteiger partial charge in [-0.05, 0) is 79.9 Å². The molecule has 7 heteroatoms. The van der Waals surface area contributed by atoms with Crippen molar-refractivity contribution in [1.29, 1.82) is 0 Å². The van der Waals surface area contributed by atoms with Crippen LogP contribution in [0.15, 0.2) is 91.1 Å². The lowest BCUT2D eigenvalue weighted by atomic mass is 10.0. The SMILES string of the molecule is Cc1cccc(NC(=O)N2Cc3c(C)nn(-c4ccccc4)c3-n3cccc3[C@@H]2c2cccc(F)c2)c1C. The smallest absolute Gasteiger partial charge is 0.308 e. The maximum Gasteiger partial charge on any atom is 0.322 e. The van der Waals surface area contributed by atoms with Gasteiger partial charge in [-0.2, -0.15) is 5.10 Å². The standard InChI is InChI=1S/C31H28FN5O/c1-20-10-7-15-27(21(20)2)33-31(38)36-19-26-22(3)34-37(25-13-5-4-6-14-25)30(26)35-17-9-16-28(35)29(36)23-11-8-12-24(32)18-23/h4-18,29H,19H2,1-3H3,(H,33,38)/t29-/m0/s1. The number of aryl methyl sites for hydroxylation is 2. The predicted octanol–water partition coefficient (Wildman–Crippen LogP) is 6.86. The zero-order valence-electron chi connectivity index (χ0n) is 21.5. The van der Waals surface area contributed by atoms with Gasteiger partial charge in [0.25, 0.3) is 0 Å². The number of hydrogen-bond acceptors (Lipinski definition) is 2. The Morgan fingerprint density at radius 1 is 0.947 bits per heavy atom. The Labute approximate surface area is 221 Å². The number of halogens is 1. The van der Waals surface area contributed by atoms with Gasteiger partial charge in [0, 0.05) is 17.4 Å². The Hall–Kier alpha value is -4.65. The average Bonchev–Trinajstić information content (AvgIpc) is 3.47. The Morgan fingerprint density at radius 2 is 1.74 bits per heavy atom. The van der Waals surface area contributed by atoms with Crippen LogP contribution in [-0.2, 0) is 6.54 Å². The van der Waals surface area contributed by atoms with Gasteiger partial charge in [-0.1, -0.05) is 42.5 Å². The molecule has 2 aromatic heterocycles. The van der Waals surface area contributed by atoms with E-state index in [1.54, 1.807) is 11.0 Å². The fourth-order valence-corrected chi connectivity index (χ4v) is 5.25. The quantitative estimate of drug-likeness (QED) is 0.291. The number of urea groups is 1. The first-order valence-corrected chi connectivity index (χ1v) is 12.6. The summed E-state index contributed by atoms with van der Waals surface area (Å²) in [5.41, 5.74) is 7.09.